The number of halogens is 3. The number of carboxylic acid groups (broad SMARTS) is 1. The number of nitrogens with zero attached hydrogens (tertiary/aromatic N) is 1. The first-order chi connectivity index (χ1) is 12.6. The molecule has 0 aliphatic carbocycles. The van der Waals surface area contributed by atoms with Crippen molar-refractivity contribution in [2.24, 2.45) is 11.8 Å². The number of carbonyl (C=O) groups excluding carboxylic acids is 1. The number of carbonyl (C=O) groups is 2. The van der Waals surface area contributed by atoms with E-state index in [4.69, 9.17) is 9.52 Å². The third-order valence-corrected chi connectivity index (χ3v) is 4.96. The van der Waals surface area contributed by atoms with Gasteiger partial charge in [0.05, 0.1) is 17.9 Å². The van der Waals surface area contributed by atoms with Gasteiger partial charge < -0.3 is 19.7 Å². The van der Waals surface area contributed by atoms with E-state index < -0.39 is 49.1 Å². The average Bonchev–Trinajstić information content (AvgIpc) is 3.17. The Hall–Kier alpha value is -2.71. The Morgan fingerprint density at radius 2 is 1.96 bits per heavy atom. The second-order valence-corrected chi connectivity index (χ2v) is 6.76. The van der Waals surface area contributed by atoms with Crippen molar-refractivity contribution < 1.29 is 32.3 Å². The molecule has 9 heteroatoms. The highest BCUT2D eigenvalue weighted by atomic mass is 19.4. The van der Waals surface area contributed by atoms with E-state index in [0.717, 1.165) is 15.8 Å². The number of hydrogen-bond acceptors (Lipinski definition) is 3. The molecule has 27 heavy (non-hydrogen) atoms. The number of carboxylic acids is 1. The highest BCUT2D eigenvalue weighted by Gasteiger charge is 2.53. The molecule has 1 aromatic carbocycles. The molecule has 3 atom stereocenters. The van der Waals surface area contributed by atoms with Crippen molar-refractivity contribution in [3.63, 3.8) is 0 Å². The molecule has 2 N–H and O–H groups in total. The van der Waals surface area contributed by atoms with E-state index in [1.165, 1.54) is 0 Å². The van der Waals surface area contributed by atoms with Crippen LogP contribution in [-0.2, 0) is 4.79 Å². The fourth-order valence-corrected chi connectivity index (χ4v) is 3.50. The molecular formula is C18H19F3N2O4. The lowest BCUT2D eigenvalue weighted by Crippen LogP contribution is -2.40. The number of fused-ring (bicyclic) bond motifs is 1. The maximum absolute atomic E-state index is 13.1. The van der Waals surface area contributed by atoms with E-state index in [1.54, 1.807) is 13.0 Å². The fourth-order valence-electron chi connectivity index (χ4n) is 3.50. The summed E-state index contributed by atoms with van der Waals surface area (Å²) in [7, 11) is 0. The number of hydrogen-bond donors (Lipinski definition) is 2. The molecule has 0 unspecified atom stereocenters. The number of urea groups is 1. The van der Waals surface area contributed by atoms with Crippen molar-refractivity contribution in [1.82, 2.24) is 10.2 Å². The molecule has 146 valence electrons. The number of rotatable bonds is 3. The highest BCUT2D eigenvalue weighted by Crippen LogP contribution is 2.38. The minimum Gasteiger partial charge on any atom is -0.481 e. The van der Waals surface area contributed by atoms with Crippen LogP contribution < -0.4 is 5.32 Å². The van der Waals surface area contributed by atoms with Gasteiger partial charge in [-0.3, -0.25) is 4.79 Å². The standard InChI is InChI=1S/C18H19F3N2O4/c1-9-11-5-3-4-6-14(11)27-15(9)10(2)22-17(26)23-7-12(16(24)25)13(8-23)18(19,20)21/h3-6,10,12-13H,7-8H2,1-2H3,(H,22,26)(H,24,25)/t10-,12-,13-/m1/s1. The normalized spacial score (nSPS) is 21.4. The maximum atomic E-state index is 13.1. The molecule has 1 saturated heterocycles. The van der Waals surface area contributed by atoms with Crippen LogP contribution in [0.5, 0.6) is 0 Å². The van der Waals surface area contributed by atoms with Crippen LogP contribution >= 0.6 is 0 Å². The van der Waals surface area contributed by atoms with Gasteiger partial charge in [-0.15, -0.1) is 0 Å². The van der Waals surface area contributed by atoms with Crippen molar-refractivity contribution in [1.29, 1.82) is 0 Å². The van der Waals surface area contributed by atoms with E-state index >= 15 is 0 Å². The molecule has 1 aliphatic rings. The number of aryl methyl sites for hydroxylation is 1. The van der Waals surface area contributed by atoms with E-state index in [-0.39, 0.29) is 0 Å². The lowest BCUT2D eigenvalue weighted by atomic mass is 9.96. The SMILES string of the molecule is Cc1c([C@@H](C)NC(=O)N2C[C@@H](C(F)(F)F)[C@H](C(=O)O)C2)oc2ccccc12. The largest absolute Gasteiger partial charge is 0.481 e. The molecule has 2 heterocycles. The molecule has 1 fully saturated rings. The van der Waals surface area contributed by atoms with Crippen LogP contribution in [0.25, 0.3) is 11.0 Å². The first-order valence-corrected chi connectivity index (χ1v) is 8.42. The van der Waals surface area contributed by atoms with Gasteiger partial charge >= 0.3 is 18.2 Å². The van der Waals surface area contributed by atoms with Crippen LogP contribution in [0.1, 0.15) is 24.3 Å². The van der Waals surface area contributed by atoms with Gasteiger partial charge in [0.15, 0.2) is 0 Å². The van der Waals surface area contributed by atoms with Crippen LogP contribution in [0.15, 0.2) is 28.7 Å². The minimum absolute atomic E-state index is 0.489. The lowest BCUT2D eigenvalue weighted by molar-refractivity contribution is -0.187. The summed E-state index contributed by atoms with van der Waals surface area (Å²) in [5.74, 6) is -4.80. The van der Waals surface area contributed by atoms with Gasteiger partial charge in [0.2, 0.25) is 0 Å². The number of furan rings is 1. The zero-order chi connectivity index (χ0) is 19.9. The lowest BCUT2D eigenvalue weighted by Gasteiger charge is -2.21. The zero-order valence-electron chi connectivity index (χ0n) is 14.7. The molecule has 3 rings (SSSR count). The number of para-hydroxylation sites is 1. The Kier molecular flexibility index (Phi) is 4.79. The van der Waals surface area contributed by atoms with Gasteiger partial charge in [-0.05, 0) is 19.9 Å². The zero-order valence-corrected chi connectivity index (χ0v) is 14.7. The molecule has 0 saturated carbocycles. The van der Waals surface area contributed by atoms with E-state index in [1.807, 2.05) is 25.1 Å². The molecule has 0 radical (unpaired) electrons. The summed E-state index contributed by atoms with van der Waals surface area (Å²) >= 11 is 0. The molecule has 6 nitrogen and oxygen atoms in total. The smallest absolute Gasteiger partial charge is 0.394 e. The molecule has 2 aromatic rings. The van der Waals surface area contributed by atoms with Crippen LogP contribution in [0.4, 0.5) is 18.0 Å². The Morgan fingerprint density at radius 3 is 2.52 bits per heavy atom. The fraction of sp³-hybridized carbons (Fsp3) is 0.444. The van der Waals surface area contributed by atoms with Crippen molar-refractivity contribution in [2.45, 2.75) is 26.1 Å². The van der Waals surface area contributed by atoms with Gasteiger partial charge in [0, 0.05) is 24.0 Å². The second-order valence-electron chi connectivity index (χ2n) is 6.76. The average molecular weight is 384 g/mol. The van der Waals surface area contributed by atoms with Crippen LogP contribution in [-0.4, -0.2) is 41.3 Å². The topological polar surface area (TPSA) is 82.8 Å². The summed E-state index contributed by atoms with van der Waals surface area (Å²) in [5.41, 5.74) is 1.48. The van der Waals surface area contributed by atoms with Gasteiger partial charge in [-0.1, -0.05) is 18.2 Å². The number of alkyl halides is 3. The number of benzene rings is 1. The third-order valence-electron chi connectivity index (χ3n) is 4.96. The quantitative estimate of drug-likeness (QED) is 0.845. The molecule has 1 aliphatic heterocycles. The summed E-state index contributed by atoms with van der Waals surface area (Å²) in [5, 5.41) is 12.5. The Labute approximate surface area is 152 Å². The monoisotopic (exact) mass is 384 g/mol. The van der Waals surface area contributed by atoms with Gasteiger partial charge in [0.25, 0.3) is 0 Å². The van der Waals surface area contributed by atoms with E-state index in [2.05, 4.69) is 5.32 Å². The Bertz CT molecular complexity index is 877. The summed E-state index contributed by atoms with van der Waals surface area (Å²) in [6, 6.07) is 5.99. The number of likely N-dealkylation sites (tertiary alicyclic amines) is 1. The molecule has 0 spiro atoms. The molecule has 0 bridgehead atoms. The maximum Gasteiger partial charge on any atom is 0.394 e. The number of amides is 2. The van der Waals surface area contributed by atoms with Crippen LogP contribution in [0, 0.1) is 18.8 Å². The van der Waals surface area contributed by atoms with Gasteiger partial charge in [-0.25, -0.2) is 4.79 Å². The first kappa shape index (κ1) is 19.1. The third kappa shape index (κ3) is 3.58. The second kappa shape index (κ2) is 6.79. The van der Waals surface area contributed by atoms with E-state index in [0.29, 0.717) is 11.3 Å². The molecule has 1 aromatic heterocycles. The highest BCUT2D eigenvalue weighted by molar-refractivity contribution is 5.83. The van der Waals surface area contributed by atoms with Crippen molar-refractivity contribution >= 4 is 23.0 Å². The van der Waals surface area contributed by atoms with Crippen LogP contribution in [0.2, 0.25) is 0 Å². The summed E-state index contributed by atoms with van der Waals surface area (Å²) in [4.78, 5) is 24.4. The predicted molar refractivity (Wildman–Crippen MR) is 90.1 cm³/mol. The summed E-state index contributed by atoms with van der Waals surface area (Å²) < 4.78 is 45.0. The Morgan fingerprint density at radius 1 is 1.30 bits per heavy atom. The predicted octanol–water partition coefficient (Wildman–Crippen LogP) is 3.71. The first-order valence-electron chi connectivity index (χ1n) is 8.42. The summed E-state index contributed by atoms with van der Waals surface area (Å²) in [6.07, 6.45) is -4.68. The molecule has 2 amide bonds. The van der Waals surface area contributed by atoms with Crippen molar-refractivity contribution in [2.75, 3.05) is 13.1 Å². The van der Waals surface area contributed by atoms with Gasteiger partial charge in [0.1, 0.15) is 11.3 Å². The van der Waals surface area contributed by atoms with Crippen LogP contribution in [0.3, 0.4) is 0 Å². The number of nitrogens with one attached hydrogen (secondary N) is 1. The Balaban J connectivity index is 1.74. The minimum atomic E-state index is -4.68. The van der Waals surface area contributed by atoms with E-state index in [9.17, 15) is 22.8 Å². The molecular weight excluding hydrogens is 365 g/mol. The summed E-state index contributed by atoms with van der Waals surface area (Å²) in [6.45, 7) is 2.32. The number of aliphatic carboxylic acids is 1. The van der Waals surface area contributed by atoms with Crippen molar-refractivity contribution in [3.05, 3.63) is 35.6 Å². The van der Waals surface area contributed by atoms with Gasteiger partial charge in [-0.2, -0.15) is 13.2 Å². The van der Waals surface area contributed by atoms with Crippen molar-refractivity contribution in [3.8, 4) is 0 Å².